The van der Waals surface area contributed by atoms with Crippen LogP contribution in [0.15, 0.2) is 54.6 Å². The third-order valence-electron chi connectivity index (χ3n) is 3.85. The summed E-state index contributed by atoms with van der Waals surface area (Å²) in [5, 5.41) is 0. The molecule has 0 saturated heterocycles. The Bertz CT molecular complexity index is 507. The van der Waals surface area contributed by atoms with Gasteiger partial charge in [-0.05, 0) is 55.0 Å². The Morgan fingerprint density at radius 2 is 1.71 bits per heavy atom. The Kier molecular flexibility index (Phi) is 6.29. The highest BCUT2D eigenvalue weighted by Crippen LogP contribution is 2.20. The van der Waals surface area contributed by atoms with Gasteiger partial charge in [-0.2, -0.15) is 0 Å². The third-order valence-corrected chi connectivity index (χ3v) is 3.85. The van der Waals surface area contributed by atoms with Crippen LogP contribution in [0.1, 0.15) is 36.8 Å². The highest BCUT2D eigenvalue weighted by atomic mass is 16.5. The van der Waals surface area contributed by atoms with Gasteiger partial charge in [-0.1, -0.05) is 49.4 Å². The normalized spacial score (nSPS) is 12.1. The molecular formula is C19H25NO. The molecule has 0 aliphatic rings. The summed E-state index contributed by atoms with van der Waals surface area (Å²) >= 11 is 0. The van der Waals surface area contributed by atoms with Crippen LogP contribution in [-0.4, -0.2) is 13.2 Å². The number of ether oxygens (including phenoxy) is 1. The molecule has 2 nitrogen and oxygen atoms in total. The first-order valence-electron chi connectivity index (χ1n) is 7.80. The van der Waals surface area contributed by atoms with E-state index in [1.54, 1.807) is 0 Å². The van der Waals surface area contributed by atoms with Gasteiger partial charge in [-0.15, -0.1) is 0 Å². The van der Waals surface area contributed by atoms with Gasteiger partial charge in [0, 0.05) is 0 Å². The summed E-state index contributed by atoms with van der Waals surface area (Å²) in [4.78, 5) is 0. The maximum atomic E-state index is 5.89. The first-order valence-corrected chi connectivity index (χ1v) is 7.80. The topological polar surface area (TPSA) is 35.2 Å². The molecule has 2 heteroatoms. The van der Waals surface area contributed by atoms with Gasteiger partial charge in [-0.3, -0.25) is 0 Å². The van der Waals surface area contributed by atoms with Gasteiger partial charge in [0.05, 0.1) is 6.61 Å². The quantitative estimate of drug-likeness (QED) is 0.739. The van der Waals surface area contributed by atoms with Crippen LogP contribution >= 0.6 is 0 Å². The zero-order valence-electron chi connectivity index (χ0n) is 12.8. The summed E-state index contributed by atoms with van der Waals surface area (Å²) in [6, 6.07) is 18.9. The lowest BCUT2D eigenvalue weighted by Gasteiger charge is -2.15. The zero-order chi connectivity index (χ0) is 14.9. The minimum Gasteiger partial charge on any atom is -0.494 e. The number of nitrogens with two attached hydrogens (primary N) is 1. The lowest BCUT2D eigenvalue weighted by atomic mass is 9.95. The highest BCUT2D eigenvalue weighted by molar-refractivity contribution is 5.27. The van der Waals surface area contributed by atoms with Gasteiger partial charge in [0.2, 0.25) is 0 Å². The van der Waals surface area contributed by atoms with Crippen molar-refractivity contribution in [3.8, 4) is 5.75 Å². The Morgan fingerprint density at radius 1 is 1.00 bits per heavy atom. The molecule has 0 bridgehead atoms. The summed E-state index contributed by atoms with van der Waals surface area (Å²) in [5.74, 6) is 1.38. The molecule has 1 atom stereocenters. The van der Waals surface area contributed by atoms with Crippen LogP contribution in [0.5, 0.6) is 5.75 Å². The first-order chi connectivity index (χ1) is 10.3. The summed E-state index contributed by atoms with van der Waals surface area (Å²) < 4.78 is 5.80. The van der Waals surface area contributed by atoms with Gasteiger partial charge in [0.25, 0.3) is 0 Å². The number of rotatable bonds is 8. The molecule has 112 valence electrons. The van der Waals surface area contributed by atoms with Crippen molar-refractivity contribution < 1.29 is 4.74 Å². The number of aryl methyl sites for hydroxylation is 1. The Labute approximate surface area is 127 Å². The Balaban J connectivity index is 1.75. The van der Waals surface area contributed by atoms with E-state index in [-0.39, 0.29) is 0 Å². The minimum absolute atomic E-state index is 0.428. The zero-order valence-corrected chi connectivity index (χ0v) is 12.8. The fraction of sp³-hybridized carbons (Fsp3) is 0.368. The lowest BCUT2D eigenvalue weighted by Crippen LogP contribution is -2.13. The van der Waals surface area contributed by atoms with E-state index in [1.807, 2.05) is 6.07 Å². The predicted octanol–water partition coefficient (Wildman–Crippen LogP) is 4.15. The number of benzene rings is 2. The number of hydrogen-bond acceptors (Lipinski definition) is 2. The summed E-state index contributed by atoms with van der Waals surface area (Å²) in [6.45, 7) is 3.59. The second-order valence-corrected chi connectivity index (χ2v) is 5.33. The van der Waals surface area contributed by atoms with Crippen LogP contribution in [-0.2, 0) is 6.42 Å². The second-order valence-electron chi connectivity index (χ2n) is 5.33. The van der Waals surface area contributed by atoms with E-state index in [9.17, 15) is 0 Å². The number of hydrogen-bond donors (Lipinski definition) is 1. The van der Waals surface area contributed by atoms with Crippen molar-refractivity contribution in [2.45, 2.75) is 32.1 Å². The van der Waals surface area contributed by atoms with Crippen molar-refractivity contribution in [3.05, 3.63) is 65.7 Å². The van der Waals surface area contributed by atoms with Crippen molar-refractivity contribution in [1.82, 2.24) is 0 Å². The smallest absolute Gasteiger partial charge is 0.119 e. The van der Waals surface area contributed by atoms with Crippen molar-refractivity contribution in [3.63, 3.8) is 0 Å². The van der Waals surface area contributed by atoms with Gasteiger partial charge < -0.3 is 10.5 Å². The van der Waals surface area contributed by atoms with E-state index in [0.29, 0.717) is 12.5 Å². The van der Waals surface area contributed by atoms with Crippen LogP contribution in [0, 0.1) is 0 Å². The molecule has 0 heterocycles. The second kappa shape index (κ2) is 8.48. The molecule has 21 heavy (non-hydrogen) atoms. The van der Waals surface area contributed by atoms with Crippen molar-refractivity contribution in [2.75, 3.05) is 13.2 Å². The van der Waals surface area contributed by atoms with Crippen LogP contribution in [0.2, 0.25) is 0 Å². The maximum Gasteiger partial charge on any atom is 0.119 e. The predicted molar refractivity (Wildman–Crippen MR) is 88.8 cm³/mol. The van der Waals surface area contributed by atoms with Crippen LogP contribution < -0.4 is 10.5 Å². The van der Waals surface area contributed by atoms with E-state index < -0.39 is 0 Å². The molecule has 0 saturated carbocycles. The Morgan fingerprint density at radius 3 is 2.33 bits per heavy atom. The van der Waals surface area contributed by atoms with Gasteiger partial charge in [0.1, 0.15) is 5.75 Å². The Hall–Kier alpha value is -1.80. The highest BCUT2D eigenvalue weighted by Gasteiger charge is 2.08. The van der Waals surface area contributed by atoms with E-state index in [4.69, 9.17) is 10.5 Å². The summed E-state index contributed by atoms with van der Waals surface area (Å²) in [5.41, 5.74) is 8.56. The molecule has 0 radical (unpaired) electrons. The molecule has 0 amide bonds. The molecular weight excluding hydrogens is 258 g/mol. The standard InChI is InChI=1S/C19H25NO/c1-2-16-10-12-19(13-11-16)21-14-6-9-18(15-20)17-7-4-3-5-8-17/h3-5,7-8,10-13,18H,2,6,9,14-15,20H2,1H3. The fourth-order valence-electron chi connectivity index (χ4n) is 2.49. The average Bonchev–Trinajstić information content (AvgIpc) is 2.56. The monoisotopic (exact) mass is 283 g/mol. The van der Waals surface area contributed by atoms with Gasteiger partial charge in [0.15, 0.2) is 0 Å². The molecule has 0 aliphatic carbocycles. The molecule has 2 aromatic carbocycles. The lowest BCUT2D eigenvalue weighted by molar-refractivity contribution is 0.301. The average molecular weight is 283 g/mol. The molecule has 2 N–H and O–H groups in total. The van der Waals surface area contributed by atoms with E-state index >= 15 is 0 Å². The van der Waals surface area contributed by atoms with Crippen molar-refractivity contribution >= 4 is 0 Å². The molecule has 0 spiro atoms. The summed E-state index contributed by atoms with van der Waals surface area (Å²) in [7, 11) is 0. The van der Waals surface area contributed by atoms with Crippen LogP contribution in [0.25, 0.3) is 0 Å². The van der Waals surface area contributed by atoms with E-state index in [1.165, 1.54) is 11.1 Å². The van der Waals surface area contributed by atoms with Crippen LogP contribution in [0.4, 0.5) is 0 Å². The van der Waals surface area contributed by atoms with Gasteiger partial charge >= 0.3 is 0 Å². The minimum atomic E-state index is 0.428. The SMILES string of the molecule is CCc1ccc(OCCCC(CN)c2ccccc2)cc1. The third kappa shape index (κ3) is 4.91. The van der Waals surface area contributed by atoms with Crippen molar-refractivity contribution in [2.24, 2.45) is 5.73 Å². The van der Waals surface area contributed by atoms with Gasteiger partial charge in [-0.25, -0.2) is 0 Å². The molecule has 2 aromatic rings. The summed E-state index contributed by atoms with van der Waals surface area (Å²) in [6.07, 6.45) is 3.15. The van der Waals surface area contributed by atoms with Crippen LogP contribution in [0.3, 0.4) is 0 Å². The molecule has 0 aromatic heterocycles. The molecule has 2 rings (SSSR count). The first kappa shape index (κ1) is 15.6. The fourth-order valence-corrected chi connectivity index (χ4v) is 2.49. The molecule has 0 fully saturated rings. The molecule has 1 unspecified atom stereocenters. The van der Waals surface area contributed by atoms with E-state index in [2.05, 4.69) is 55.5 Å². The molecule has 0 aliphatic heterocycles. The maximum absolute atomic E-state index is 5.89. The van der Waals surface area contributed by atoms with E-state index in [0.717, 1.165) is 31.6 Å². The largest absolute Gasteiger partial charge is 0.494 e. The van der Waals surface area contributed by atoms with Crippen molar-refractivity contribution in [1.29, 1.82) is 0 Å².